The summed E-state index contributed by atoms with van der Waals surface area (Å²) in [7, 11) is -0.707. The van der Waals surface area contributed by atoms with Crippen LogP contribution in [0, 0.1) is 0 Å². The van der Waals surface area contributed by atoms with Gasteiger partial charge in [0, 0.05) is 37.8 Å². The summed E-state index contributed by atoms with van der Waals surface area (Å²) in [5, 5.41) is 8.76. The van der Waals surface area contributed by atoms with E-state index in [1.807, 2.05) is 36.4 Å². The van der Waals surface area contributed by atoms with Gasteiger partial charge >= 0.3 is 0 Å². The molecule has 2 aromatic carbocycles. The van der Waals surface area contributed by atoms with E-state index >= 15 is 0 Å². The van der Waals surface area contributed by atoms with Crippen LogP contribution in [0.4, 0.5) is 5.82 Å². The first-order valence-corrected chi connectivity index (χ1v) is 13.8. The molecule has 0 atom stereocenters. The largest absolute Gasteiger partial charge is 0.497 e. The molecule has 1 fully saturated rings. The number of carbonyl (C=O) groups is 1. The highest BCUT2D eigenvalue weighted by Crippen LogP contribution is 2.24. The van der Waals surface area contributed by atoms with Crippen LogP contribution in [0.5, 0.6) is 11.5 Å². The van der Waals surface area contributed by atoms with Crippen molar-refractivity contribution in [2.45, 2.75) is 24.8 Å². The van der Waals surface area contributed by atoms with Crippen LogP contribution in [0.15, 0.2) is 65.6 Å². The molecular weight excluding hydrogens is 506 g/mol. The fraction of sp³-hybridized carbons (Fsp3) is 0.370. The third kappa shape index (κ3) is 6.05. The molecule has 0 aliphatic carbocycles. The lowest BCUT2D eigenvalue weighted by atomic mass is 10.1. The first-order valence-electron chi connectivity index (χ1n) is 12.4. The van der Waals surface area contributed by atoms with Crippen LogP contribution < -0.4 is 14.4 Å². The highest BCUT2D eigenvalue weighted by atomic mass is 32.2. The van der Waals surface area contributed by atoms with Crippen LogP contribution in [-0.2, 0) is 14.8 Å². The number of anilines is 1. The molecule has 0 unspecified atom stereocenters. The van der Waals surface area contributed by atoms with Crippen LogP contribution in [-0.4, -0.2) is 86.7 Å². The van der Waals surface area contributed by atoms with Crippen LogP contribution in [0.3, 0.4) is 0 Å². The fourth-order valence-electron chi connectivity index (χ4n) is 4.28. The summed E-state index contributed by atoms with van der Waals surface area (Å²) in [6.07, 6.45) is 0. The number of hydrogen-bond acceptors (Lipinski definition) is 8. The van der Waals surface area contributed by atoms with E-state index in [0.717, 1.165) is 22.8 Å². The minimum Gasteiger partial charge on any atom is -0.497 e. The predicted octanol–water partition coefficient (Wildman–Crippen LogP) is 2.91. The molecule has 1 aliphatic heterocycles. The van der Waals surface area contributed by atoms with E-state index in [1.54, 1.807) is 38.0 Å². The van der Waals surface area contributed by atoms with Gasteiger partial charge in [-0.1, -0.05) is 12.1 Å². The van der Waals surface area contributed by atoms with Crippen LogP contribution in [0.25, 0.3) is 11.3 Å². The van der Waals surface area contributed by atoms with Gasteiger partial charge < -0.3 is 19.3 Å². The van der Waals surface area contributed by atoms with Crippen molar-refractivity contribution in [1.82, 2.24) is 19.4 Å². The zero-order valence-electron chi connectivity index (χ0n) is 22.1. The second-order valence-electron chi connectivity index (χ2n) is 9.20. The van der Waals surface area contributed by atoms with Crippen molar-refractivity contribution < 1.29 is 22.7 Å². The maximum atomic E-state index is 13.3. The number of aromatic nitrogens is 2. The van der Waals surface area contributed by atoms with E-state index in [9.17, 15) is 13.2 Å². The number of piperazine rings is 1. The number of methoxy groups -OCH3 is 2. The monoisotopic (exact) mass is 539 g/mol. The topological polar surface area (TPSA) is 105 Å². The van der Waals surface area contributed by atoms with Crippen molar-refractivity contribution >= 4 is 21.7 Å². The van der Waals surface area contributed by atoms with Gasteiger partial charge in [0.15, 0.2) is 5.82 Å². The molecule has 202 valence electrons. The first-order chi connectivity index (χ1) is 18.2. The third-order valence-electron chi connectivity index (χ3n) is 6.51. The fourth-order valence-corrected chi connectivity index (χ4v) is 5.86. The van der Waals surface area contributed by atoms with Gasteiger partial charge in [-0.3, -0.25) is 4.79 Å². The molecule has 1 aromatic heterocycles. The SMILES string of the molecule is COc1ccc(S(=O)(=O)N(CC(=O)N2CCN(c3ccc(-c4cccc(OC)c4)nn3)CC2)C(C)C)cc1. The quantitative estimate of drug-likeness (QED) is 0.409. The summed E-state index contributed by atoms with van der Waals surface area (Å²) in [6, 6.07) is 17.3. The Morgan fingerprint density at radius 3 is 2.18 bits per heavy atom. The van der Waals surface area contributed by atoms with Crippen molar-refractivity contribution in [3.05, 3.63) is 60.7 Å². The Bertz CT molecular complexity index is 1340. The summed E-state index contributed by atoms with van der Waals surface area (Å²) in [4.78, 5) is 17.0. The normalized spacial score (nSPS) is 14.2. The zero-order valence-corrected chi connectivity index (χ0v) is 22.9. The summed E-state index contributed by atoms with van der Waals surface area (Å²) >= 11 is 0. The second-order valence-corrected chi connectivity index (χ2v) is 11.1. The van der Waals surface area contributed by atoms with E-state index in [0.29, 0.717) is 31.9 Å². The van der Waals surface area contributed by atoms with E-state index in [4.69, 9.17) is 9.47 Å². The van der Waals surface area contributed by atoms with Crippen LogP contribution in [0.2, 0.25) is 0 Å². The van der Waals surface area contributed by atoms with E-state index in [-0.39, 0.29) is 23.4 Å². The average Bonchev–Trinajstić information content (AvgIpc) is 2.95. The molecule has 1 aliphatic rings. The Morgan fingerprint density at radius 1 is 0.921 bits per heavy atom. The lowest BCUT2D eigenvalue weighted by Crippen LogP contribution is -2.52. The van der Waals surface area contributed by atoms with Crippen molar-refractivity contribution in [3.8, 4) is 22.8 Å². The molecule has 0 N–H and O–H groups in total. The first kappa shape index (κ1) is 27.3. The Morgan fingerprint density at radius 2 is 1.61 bits per heavy atom. The number of benzene rings is 2. The maximum absolute atomic E-state index is 13.3. The van der Waals surface area contributed by atoms with Crippen LogP contribution >= 0.6 is 0 Å². The molecule has 3 aromatic rings. The van der Waals surface area contributed by atoms with E-state index in [2.05, 4.69) is 15.1 Å². The molecule has 38 heavy (non-hydrogen) atoms. The lowest BCUT2D eigenvalue weighted by Gasteiger charge is -2.36. The standard InChI is InChI=1S/C27H33N5O5S/c1-20(2)32(38(34,35)24-10-8-22(36-3)9-11-24)19-27(33)31-16-14-30(15-17-31)26-13-12-25(28-29-26)21-6-5-7-23(18-21)37-4/h5-13,18,20H,14-17,19H2,1-4H3. The summed E-state index contributed by atoms with van der Waals surface area (Å²) in [5.41, 5.74) is 1.66. The van der Waals surface area contributed by atoms with Gasteiger partial charge in [0.25, 0.3) is 0 Å². The zero-order chi connectivity index (χ0) is 27.3. The van der Waals surface area contributed by atoms with Gasteiger partial charge in [0.05, 0.1) is 31.4 Å². The molecule has 11 heteroatoms. The van der Waals surface area contributed by atoms with Gasteiger partial charge in [-0.25, -0.2) is 8.42 Å². The van der Waals surface area contributed by atoms with Gasteiger partial charge in [0.2, 0.25) is 15.9 Å². The molecule has 1 saturated heterocycles. The smallest absolute Gasteiger partial charge is 0.243 e. The summed E-state index contributed by atoms with van der Waals surface area (Å²) in [6.45, 7) is 5.39. The van der Waals surface area contributed by atoms with Gasteiger partial charge in [-0.15, -0.1) is 10.2 Å². The van der Waals surface area contributed by atoms with Crippen molar-refractivity contribution in [1.29, 1.82) is 0 Å². The number of nitrogens with zero attached hydrogens (tertiary/aromatic N) is 5. The Kier molecular flexibility index (Phi) is 8.48. The van der Waals surface area contributed by atoms with Gasteiger partial charge in [-0.05, 0) is 62.4 Å². The van der Waals surface area contributed by atoms with Crippen molar-refractivity contribution in [2.24, 2.45) is 0 Å². The number of rotatable bonds is 9. The lowest BCUT2D eigenvalue weighted by molar-refractivity contribution is -0.132. The molecule has 2 heterocycles. The number of ether oxygens (including phenoxy) is 2. The number of sulfonamides is 1. The third-order valence-corrected chi connectivity index (χ3v) is 8.54. The molecule has 0 radical (unpaired) electrons. The molecule has 0 bridgehead atoms. The Labute approximate surface area is 223 Å². The maximum Gasteiger partial charge on any atom is 0.243 e. The average molecular weight is 540 g/mol. The van der Waals surface area contributed by atoms with Crippen molar-refractivity contribution in [2.75, 3.05) is 51.8 Å². The minimum atomic E-state index is -3.85. The number of hydrogen-bond donors (Lipinski definition) is 0. The van der Waals surface area contributed by atoms with Crippen LogP contribution in [0.1, 0.15) is 13.8 Å². The second kappa shape index (κ2) is 11.8. The van der Waals surface area contributed by atoms with Crippen molar-refractivity contribution in [3.63, 3.8) is 0 Å². The molecule has 0 spiro atoms. The van der Waals surface area contributed by atoms with Gasteiger partial charge in [0.1, 0.15) is 11.5 Å². The molecular formula is C27H33N5O5S. The Balaban J connectivity index is 1.37. The van der Waals surface area contributed by atoms with Gasteiger partial charge in [-0.2, -0.15) is 4.31 Å². The Hall–Kier alpha value is -3.70. The summed E-state index contributed by atoms with van der Waals surface area (Å²) < 4.78 is 38.2. The molecule has 4 rings (SSSR count). The molecule has 0 saturated carbocycles. The number of amides is 1. The highest BCUT2D eigenvalue weighted by molar-refractivity contribution is 7.89. The number of carbonyl (C=O) groups excluding carboxylic acids is 1. The summed E-state index contributed by atoms with van der Waals surface area (Å²) in [5.74, 6) is 1.82. The van der Waals surface area contributed by atoms with E-state index in [1.165, 1.54) is 23.5 Å². The van der Waals surface area contributed by atoms with E-state index < -0.39 is 10.0 Å². The molecule has 10 nitrogen and oxygen atoms in total. The minimum absolute atomic E-state index is 0.126. The predicted molar refractivity (Wildman–Crippen MR) is 145 cm³/mol. The molecule has 1 amide bonds. The highest BCUT2D eigenvalue weighted by Gasteiger charge is 2.32.